The third-order valence-electron chi connectivity index (χ3n) is 5.68. The van der Waals surface area contributed by atoms with Gasteiger partial charge in [0.2, 0.25) is 5.91 Å². The largest absolute Gasteiger partial charge is 0.493 e. The number of carbonyl (C=O) groups excluding carboxylic acids is 1. The van der Waals surface area contributed by atoms with Crippen molar-refractivity contribution in [3.8, 4) is 17.0 Å². The normalized spacial score (nSPS) is 16.2. The number of ether oxygens (including phenoxy) is 2. The molecule has 0 saturated carbocycles. The number of benzene rings is 2. The van der Waals surface area contributed by atoms with E-state index in [1.54, 1.807) is 36.1 Å². The third kappa shape index (κ3) is 6.61. The fraction of sp³-hybridized carbons (Fsp3) is 0.360. The van der Waals surface area contributed by atoms with Crippen LogP contribution in [-0.2, 0) is 29.2 Å². The molecule has 2 heterocycles. The third-order valence-corrected chi connectivity index (χ3v) is 5.68. The van der Waals surface area contributed by atoms with E-state index < -0.39 is 17.6 Å². The molecule has 1 fully saturated rings. The van der Waals surface area contributed by atoms with Gasteiger partial charge in [-0.2, -0.15) is 18.3 Å². The molecular formula is C25H27F3N4O3. The first-order valence-corrected chi connectivity index (χ1v) is 11.3. The number of carbonyl (C=O) groups is 1. The van der Waals surface area contributed by atoms with Crippen LogP contribution in [0, 0.1) is 0 Å². The van der Waals surface area contributed by atoms with Gasteiger partial charge in [-0.05, 0) is 35.9 Å². The maximum absolute atomic E-state index is 13.0. The first-order chi connectivity index (χ1) is 16.8. The zero-order chi connectivity index (χ0) is 24.8. The van der Waals surface area contributed by atoms with Gasteiger partial charge in [0.25, 0.3) is 0 Å². The number of anilines is 1. The standard InChI is InChI=1S/C25H27F3N4O3/c1-32-22(7-9-30-32)21-15-19(5-6-23(21)35-11-8-20-16-29-10-12-34-20)31-24(33)14-17-3-2-4-18(13-17)25(26,27)28/h2-7,9,13,15,20,29H,8,10-12,14,16H2,1H3,(H,31,33). The lowest BCUT2D eigenvalue weighted by Gasteiger charge is -2.23. The van der Waals surface area contributed by atoms with E-state index in [0.717, 1.165) is 42.9 Å². The van der Waals surface area contributed by atoms with E-state index in [2.05, 4.69) is 15.7 Å². The summed E-state index contributed by atoms with van der Waals surface area (Å²) in [5, 5.41) is 10.3. The minimum Gasteiger partial charge on any atom is -0.493 e. The first kappa shape index (κ1) is 24.7. The highest BCUT2D eigenvalue weighted by molar-refractivity contribution is 5.93. The monoisotopic (exact) mass is 488 g/mol. The Labute approximate surface area is 201 Å². The van der Waals surface area contributed by atoms with Crippen molar-refractivity contribution in [3.63, 3.8) is 0 Å². The van der Waals surface area contributed by atoms with E-state index in [1.807, 2.05) is 6.07 Å². The summed E-state index contributed by atoms with van der Waals surface area (Å²) in [5.41, 5.74) is 1.54. The molecule has 1 unspecified atom stereocenters. The molecular weight excluding hydrogens is 461 g/mol. The lowest BCUT2D eigenvalue weighted by molar-refractivity contribution is -0.137. The molecule has 0 bridgehead atoms. The summed E-state index contributed by atoms with van der Waals surface area (Å²) < 4.78 is 52.4. The Kier molecular flexibility index (Phi) is 7.72. The lowest BCUT2D eigenvalue weighted by Crippen LogP contribution is -2.39. The van der Waals surface area contributed by atoms with Gasteiger partial charge in [0.1, 0.15) is 5.75 Å². The molecule has 1 saturated heterocycles. The van der Waals surface area contributed by atoms with Crippen molar-refractivity contribution >= 4 is 11.6 Å². The minimum absolute atomic E-state index is 0.0957. The van der Waals surface area contributed by atoms with Gasteiger partial charge < -0.3 is 20.1 Å². The summed E-state index contributed by atoms with van der Waals surface area (Å²) >= 11 is 0. The number of nitrogens with zero attached hydrogens (tertiary/aromatic N) is 2. The van der Waals surface area contributed by atoms with Crippen LogP contribution in [0.2, 0.25) is 0 Å². The van der Waals surface area contributed by atoms with Crippen molar-refractivity contribution in [2.75, 3.05) is 31.6 Å². The van der Waals surface area contributed by atoms with Gasteiger partial charge in [0.15, 0.2) is 0 Å². The van der Waals surface area contributed by atoms with Crippen LogP contribution in [0.25, 0.3) is 11.3 Å². The predicted octanol–water partition coefficient (Wildman–Crippen LogP) is 4.04. The summed E-state index contributed by atoms with van der Waals surface area (Å²) in [6.07, 6.45) is -2.15. The van der Waals surface area contributed by atoms with Crippen LogP contribution in [0.1, 0.15) is 17.5 Å². The summed E-state index contributed by atoms with van der Waals surface area (Å²) in [6, 6.07) is 11.9. The summed E-state index contributed by atoms with van der Waals surface area (Å²) in [4.78, 5) is 12.6. The molecule has 7 nitrogen and oxygen atoms in total. The molecule has 2 aromatic carbocycles. The Hall–Kier alpha value is -3.37. The molecule has 0 radical (unpaired) electrons. The predicted molar refractivity (Wildman–Crippen MR) is 125 cm³/mol. The molecule has 10 heteroatoms. The number of nitrogens with one attached hydrogen (secondary N) is 2. The van der Waals surface area contributed by atoms with Gasteiger partial charge >= 0.3 is 6.18 Å². The molecule has 3 aromatic rings. The highest BCUT2D eigenvalue weighted by Crippen LogP contribution is 2.33. The molecule has 0 spiro atoms. The molecule has 1 aromatic heterocycles. The number of aromatic nitrogens is 2. The zero-order valence-electron chi connectivity index (χ0n) is 19.3. The van der Waals surface area contributed by atoms with Crippen molar-refractivity contribution < 1.29 is 27.4 Å². The molecule has 1 aliphatic rings. The number of halogens is 3. The topological polar surface area (TPSA) is 77.4 Å². The van der Waals surface area contributed by atoms with Gasteiger partial charge in [-0.3, -0.25) is 9.48 Å². The molecule has 1 amide bonds. The average molecular weight is 489 g/mol. The van der Waals surface area contributed by atoms with Crippen LogP contribution in [0.4, 0.5) is 18.9 Å². The second kappa shape index (κ2) is 10.9. The second-order valence-corrected chi connectivity index (χ2v) is 8.31. The first-order valence-electron chi connectivity index (χ1n) is 11.3. The van der Waals surface area contributed by atoms with Crippen LogP contribution in [-0.4, -0.2) is 48.1 Å². The van der Waals surface area contributed by atoms with Crippen LogP contribution in [0.3, 0.4) is 0 Å². The summed E-state index contributed by atoms with van der Waals surface area (Å²) in [7, 11) is 1.81. The Morgan fingerprint density at radius 1 is 1.26 bits per heavy atom. The minimum atomic E-state index is -4.46. The molecule has 2 N–H and O–H groups in total. The molecule has 186 valence electrons. The van der Waals surface area contributed by atoms with Crippen LogP contribution in [0.15, 0.2) is 54.7 Å². The van der Waals surface area contributed by atoms with Gasteiger partial charge in [-0.15, -0.1) is 0 Å². The van der Waals surface area contributed by atoms with Gasteiger partial charge in [0, 0.05) is 44.0 Å². The van der Waals surface area contributed by atoms with E-state index in [-0.39, 0.29) is 18.1 Å². The van der Waals surface area contributed by atoms with E-state index in [9.17, 15) is 18.0 Å². The molecule has 1 atom stereocenters. The maximum atomic E-state index is 13.0. The molecule has 4 rings (SSSR count). The Morgan fingerprint density at radius 2 is 2.11 bits per heavy atom. The number of aryl methyl sites for hydroxylation is 1. The van der Waals surface area contributed by atoms with Crippen molar-refractivity contribution in [1.82, 2.24) is 15.1 Å². The Bertz CT molecular complexity index is 1160. The van der Waals surface area contributed by atoms with Crippen molar-refractivity contribution in [1.29, 1.82) is 0 Å². The number of rotatable bonds is 8. The van der Waals surface area contributed by atoms with Gasteiger partial charge in [-0.1, -0.05) is 18.2 Å². The van der Waals surface area contributed by atoms with Gasteiger partial charge in [0.05, 0.1) is 37.0 Å². The SMILES string of the molecule is Cn1nccc1-c1cc(NC(=O)Cc2cccc(C(F)(F)F)c2)ccc1OCCC1CNCCO1. The van der Waals surface area contributed by atoms with Crippen molar-refractivity contribution in [3.05, 3.63) is 65.9 Å². The lowest BCUT2D eigenvalue weighted by atomic mass is 10.1. The smallest absolute Gasteiger partial charge is 0.416 e. The molecule has 0 aliphatic carbocycles. The van der Waals surface area contributed by atoms with E-state index in [4.69, 9.17) is 9.47 Å². The quantitative estimate of drug-likeness (QED) is 0.501. The maximum Gasteiger partial charge on any atom is 0.416 e. The number of alkyl halides is 3. The second-order valence-electron chi connectivity index (χ2n) is 8.31. The number of morpholine rings is 1. The number of hydrogen-bond donors (Lipinski definition) is 2. The highest BCUT2D eigenvalue weighted by atomic mass is 19.4. The molecule has 35 heavy (non-hydrogen) atoms. The fourth-order valence-electron chi connectivity index (χ4n) is 3.93. The number of amides is 1. The fourth-order valence-corrected chi connectivity index (χ4v) is 3.93. The summed E-state index contributed by atoms with van der Waals surface area (Å²) in [5.74, 6) is 0.212. The Morgan fingerprint density at radius 3 is 2.83 bits per heavy atom. The van der Waals surface area contributed by atoms with Crippen LogP contribution in [0.5, 0.6) is 5.75 Å². The van der Waals surface area contributed by atoms with Crippen molar-refractivity contribution in [2.24, 2.45) is 7.05 Å². The molecule has 1 aliphatic heterocycles. The van der Waals surface area contributed by atoms with E-state index >= 15 is 0 Å². The van der Waals surface area contributed by atoms with E-state index in [0.29, 0.717) is 24.7 Å². The van der Waals surface area contributed by atoms with Crippen LogP contribution < -0.4 is 15.4 Å². The highest BCUT2D eigenvalue weighted by Gasteiger charge is 2.30. The summed E-state index contributed by atoms with van der Waals surface area (Å²) in [6.45, 7) is 2.77. The number of hydrogen-bond acceptors (Lipinski definition) is 5. The Balaban J connectivity index is 1.46. The van der Waals surface area contributed by atoms with E-state index in [1.165, 1.54) is 12.1 Å². The average Bonchev–Trinajstić information content (AvgIpc) is 3.26. The van der Waals surface area contributed by atoms with Gasteiger partial charge in [-0.25, -0.2) is 0 Å². The van der Waals surface area contributed by atoms with Crippen LogP contribution >= 0.6 is 0 Å². The van der Waals surface area contributed by atoms with Crippen molar-refractivity contribution in [2.45, 2.75) is 25.1 Å². The zero-order valence-corrected chi connectivity index (χ0v) is 19.3.